The molecule has 21 heavy (non-hydrogen) atoms. The SMILES string of the molecule is CC(C)/C=N/Nc1nc(N)nc(N2CCOCC2)c1C#N. The zero-order valence-corrected chi connectivity index (χ0v) is 12.2. The highest BCUT2D eigenvalue weighted by Gasteiger charge is 2.20. The topological polar surface area (TPSA) is 112 Å². The standard InChI is InChI=1S/C13H19N7O/c1-9(2)8-16-19-11-10(7-14)12(18-13(15)17-11)20-3-5-21-6-4-20/h8-9H,3-6H2,1-2H3,(H3,15,17,18,19)/b16-8+. The van der Waals surface area contributed by atoms with Crippen LogP contribution in [0.3, 0.4) is 0 Å². The van der Waals surface area contributed by atoms with Crippen molar-refractivity contribution in [2.75, 3.05) is 42.4 Å². The lowest BCUT2D eigenvalue weighted by atomic mass is 10.2. The fourth-order valence-electron chi connectivity index (χ4n) is 1.90. The third kappa shape index (κ3) is 3.79. The van der Waals surface area contributed by atoms with E-state index >= 15 is 0 Å². The molecule has 2 heterocycles. The Balaban J connectivity index is 2.32. The Kier molecular flexibility index (Phi) is 4.90. The molecule has 1 aliphatic rings. The van der Waals surface area contributed by atoms with Crippen molar-refractivity contribution in [3.8, 4) is 6.07 Å². The number of ether oxygens (including phenoxy) is 1. The summed E-state index contributed by atoms with van der Waals surface area (Å²) in [6, 6.07) is 2.13. The van der Waals surface area contributed by atoms with E-state index in [9.17, 15) is 5.26 Å². The van der Waals surface area contributed by atoms with E-state index in [1.54, 1.807) is 6.21 Å². The largest absolute Gasteiger partial charge is 0.378 e. The van der Waals surface area contributed by atoms with Gasteiger partial charge in [-0.1, -0.05) is 13.8 Å². The molecule has 0 radical (unpaired) electrons. The summed E-state index contributed by atoms with van der Waals surface area (Å²) < 4.78 is 5.31. The zero-order chi connectivity index (χ0) is 15.2. The highest BCUT2D eigenvalue weighted by Crippen LogP contribution is 2.25. The van der Waals surface area contributed by atoms with Crippen LogP contribution in [0.5, 0.6) is 0 Å². The van der Waals surface area contributed by atoms with Crippen LogP contribution in [0.4, 0.5) is 17.6 Å². The third-order valence-corrected chi connectivity index (χ3v) is 2.87. The van der Waals surface area contributed by atoms with E-state index in [-0.39, 0.29) is 5.95 Å². The molecular weight excluding hydrogens is 270 g/mol. The fraction of sp³-hybridized carbons (Fsp3) is 0.538. The summed E-state index contributed by atoms with van der Waals surface area (Å²) in [5.41, 5.74) is 8.85. The van der Waals surface area contributed by atoms with Gasteiger partial charge in [0.1, 0.15) is 11.6 Å². The first-order valence-electron chi connectivity index (χ1n) is 6.81. The molecular formula is C13H19N7O. The highest BCUT2D eigenvalue weighted by atomic mass is 16.5. The van der Waals surface area contributed by atoms with Crippen molar-refractivity contribution < 1.29 is 4.74 Å². The minimum absolute atomic E-state index is 0.109. The molecule has 0 amide bonds. The molecule has 1 aromatic heterocycles. The minimum Gasteiger partial charge on any atom is -0.378 e. The molecule has 2 rings (SSSR count). The van der Waals surface area contributed by atoms with Gasteiger partial charge in [-0.2, -0.15) is 20.3 Å². The van der Waals surface area contributed by atoms with E-state index in [0.717, 1.165) is 0 Å². The average molecular weight is 289 g/mol. The van der Waals surface area contributed by atoms with Gasteiger partial charge in [-0.3, -0.25) is 5.43 Å². The number of nitriles is 1. The molecule has 8 heteroatoms. The predicted octanol–water partition coefficient (Wildman–Crippen LogP) is 0.821. The van der Waals surface area contributed by atoms with Gasteiger partial charge < -0.3 is 15.4 Å². The van der Waals surface area contributed by atoms with E-state index in [1.165, 1.54) is 0 Å². The van der Waals surface area contributed by atoms with Crippen molar-refractivity contribution in [3.05, 3.63) is 5.56 Å². The second kappa shape index (κ2) is 6.85. The first kappa shape index (κ1) is 15.0. The molecule has 0 aromatic carbocycles. The van der Waals surface area contributed by atoms with Crippen molar-refractivity contribution in [3.63, 3.8) is 0 Å². The van der Waals surface area contributed by atoms with Crippen molar-refractivity contribution in [1.82, 2.24) is 9.97 Å². The van der Waals surface area contributed by atoms with Crippen molar-refractivity contribution >= 4 is 23.8 Å². The summed E-state index contributed by atoms with van der Waals surface area (Å²) >= 11 is 0. The molecule has 1 saturated heterocycles. The van der Waals surface area contributed by atoms with Gasteiger partial charge in [0.2, 0.25) is 5.95 Å². The number of nitrogens with one attached hydrogen (secondary N) is 1. The molecule has 0 unspecified atom stereocenters. The highest BCUT2D eigenvalue weighted by molar-refractivity contribution is 5.69. The lowest BCUT2D eigenvalue weighted by Gasteiger charge is -2.28. The minimum atomic E-state index is 0.109. The van der Waals surface area contributed by atoms with Crippen LogP contribution in [0.2, 0.25) is 0 Å². The summed E-state index contributed by atoms with van der Waals surface area (Å²) in [4.78, 5) is 10.2. The van der Waals surface area contributed by atoms with Gasteiger partial charge in [0.25, 0.3) is 0 Å². The van der Waals surface area contributed by atoms with Crippen LogP contribution < -0.4 is 16.1 Å². The monoisotopic (exact) mass is 289 g/mol. The number of anilines is 3. The fourth-order valence-corrected chi connectivity index (χ4v) is 1.90. The smallest absolute Gasteiger partial charge is 0.224 e. The van der Waals surface area contributed by atoms with E-state index in [0.29, 0.717) is 49.4 Å². The van der Waals surface area contributed by atoms with Crippen LogP contribution in [-0.2, 0) is 4.74 Å². The summed E-state index contributed by atoms with van der Waals surface area (Å²) in [6.07, 6.45) is 1.73. The van der Waals surface area contributed by atoms with Crippen LogP contribution in [0.1, 0.15) is 19.4 Å². The maximum absolute atomic E-state index is 9.41. The van der Waals surface area contributed by atoms with Gasteiger partial charge in [0.15, 0.2) is 11.6 Å². The van der Waals surface area contributed by atoms with Gasteiger partial charge >= 0.3 is 0 Å². The maximum atomic E-state index is 9.41. The first-order valence-corrected chi connectivity index (χ1v) is 6.81. The molecule has 0 saturated carbocycles. The van der Waals surface area contributed by atoms with E-state index in [4.69, 9.17) is 10.5 Å². The van der Waals surface area contributed by atoms with Crippen LogP contribution >= 0.6 is 0 Å². The Labute approximate surface area is 123 Å². The number of nitrogen functional groups attached to an aromatic ring is 1. The third-order valence-electron chi connectivity index (χ3n) is 2.87. The van der Waals surface area contributed by atoms with Gasteiger partial charge in [-0.25, -0.2) is 0 Å². The molecule has 0 aliphatic carbocycles. The van der Waals surface area contributed by atoms with E-state index in [1.807, 2.05) is 18.7 Å². The lowest BCUT2D eigenvalue weighted by molar-refractivity contribution is 0.122. The molecule has 0 bridgehead atoms. The summed E-state index contributed by atoms with van der Waals surface area (Å²) in [5, 5.41) is 13.5. The maximum Gasteiger partial charge on any atom is 0.224 e. The second-order valence-electron chi connectivity index (χ2n) is 4.97. The normalized spacial score (nSPS) is 15.4. The Morgan fingerprint density at radius 1 is 1.43 bits per heavy atom. The number of hydrogen-bond donors (Lipinski definition) is 2. The van der Waals surface area contributed by atoms with E-state index < -0.39 is 0 Å². The molecule has 0 atom stereocenters. The Hall–Kier alpha value is -2.40. The quantitative estimate of drug-likeness (QED) is 0.623. The molecule has 8 nitrogen and oxygen atoms in total. The summed E-state index contributed by atoms with van der Waals surface area (Å²) in [7, 11) is 0. The molecule has 1 fully saturated rings. The number of morpholine rings is 1. The summed E-state index contributed by atoms with van der Waals surface area (Å²) in [5.74, 6) is 1.25. The Bertz CT molecular complexity index is 558. The second-order valence-corrected chi connectivity index (χ2v) is 4.97. The van der Waals surface area contributed by atoms with Gasteiger partial charge in [0, 0.05) is 19.3 Å². The van der Waals surface area contributed by atoms with Gasteiger partial charge in [-0.15, -0.1) is 0 Å². The molecule has 1 aromatic rings. The van der Waals surface area contributed by atoms with Crippen molar-refractivity contribution in [1.29, 1.82) is 5.26 Å². The number of aromatic nitrogens is 2. The first-order chi connectivity index (χ1) is 10.1. The number of nitrogens with two attached hydrogens (primary N) is 1. The molecule has 112 valence electrons. The van der Waals surface area contributed by atoms with Crippen molar-refractivity contribution in [2.45, 2.75) is 13.8 Å². The molecule has 3 N–H and O–H groups in total. The number of nitrogens with zero attached hydrogens (tertiary/aromatic N) is 5. The van der Waals surface area contributed by atoms with Gasteiger partial charge in [0.05, 0.1) is 13.2 Å². The van der Waals surface area contributed by atoms with E-state index in [2.05, 4.69) is 26.6 Å². The number of rotatable bonds is 4. The number of hydrazone groups is 1. The average Bonchev–Trinajstić information content (AvgIpc) is 2.47. The molecule has 0 spiro atoms. The summed E-state index contributed by atoms with van der Waals surface area (Å²) in [6.45, 7) is 6.54. The molecule has 1 aliphatic heterocycles. The van der Waals surface area contributed by atoms with Gasteiger partial charge in [-0.05, 0) is 5.92 Å². The van der Waals surface area contributed by atoms with Crippen LogP contribution in [0.15, 0.2) is 5.10 Å². The zero-order valence-electron chi connectivity index (χ0n) is 12.2. The Morgan fingerprint density at radius 2 is 2.14 bits per heavy atom. The lowest BCUT2D eigenvalue weighted by Crippen LogP contribution is -2.37. The van der Waals surface area contributed by atoms with Crippen LogP contribution in [0.25, 0.3) is 0 Å². The van der Waals surface area contributed by atoms with Crippen LogP contribution in [0, 0.1) is 17.2 Å². The predicted molar refractivity (Wildman–Crippen MR) is 81.1 cm³/mol. The Morgan fingerprint density at radius 3 is 2.76 bits per heavy atom. The van der Waals surface area contributed by atoms with Crippen LogP contribution in [-0.4, -0.2) is 42.5 Å². The number of hydrogen-bond acceptors (Lipinski definition) is 8. The van der Waals surface area contributed by atoms with Crippen molar-refractivity contribution in [2.24, 2.45) is 11.0 Å².